The van der Waals surface area contributed by atoms with E-state index in [-0.39, 0.29) is 25.7 Å². The summed E-state index contributed by atoms with van der Waals surface area (Å²) in [6.45, 7) is 14.1. The predicted molar refractivity (Wildman–Crippen MR) is 377 cm³/mol. The molecule has 0 saturated carbocycles. The van der Waals surface area contributed by atoms with Gasteiger partial charge in [-0.25, -0.2) is 9.13 Å². The van der Waals surface area contributed by atoms with Crippen molar-refractivity contribution in [2.45, 2.75) is 388 Å². The summed E-state index contributed by atoms with van der Waals surface area (Å²) in [5, 5.41) is 10.6. The van der Waals surface area contributed by atoms with E-state index in [1.54, 1.807) is 0 Å². The normalized spacial score (nSPS) is 14.2. The third-order valence-electron chi connectivity index (χ3n) is 17.1. The van der Waals surface area contributed by atoms with Crippen molar-refractivity contribution in [1.82, 2.24) is 0 Å². The molecule has 3 unspecified atom stereocenters. The molecule has 0 spiro atoms. The van der Waals surface area contributed by atoms with Crippen LogP contribution in [0.4, 0.5) is 0 Å². The molecule has 0 aliphatic carbocycles. The van der Waals surface area contributed by atoms with Gasteiger partial charge in [0, 0.05) is 25.7 Å². The van der Waals surface area contributed by atoms with Crippen LogP contribution in [0.1, 0.15) is 370 Å². The number of phosphoric ester groups is 2. The van der Waals surface area contributed by atoms with Gasteiger partial charge >= 0.3 is 39.5 Å². The van der Waals surface area contributed by atoms with Crippen LogP contribution < -0.4 is 0 Å². The van der Waals surface area contributed by atoms with Gasteiger partial charge in [0.1, 0.15) is 19.3 Å². The van der Waals surface area contributed by atoms with Crippen molar-refractivity contribution in [2.75, 3.05) is 39.6 Å². The molecule has 3 N–H and O–H groups in total. The Morgan fingerprint density at radius 1 is 0.269 bits per heavy atom. The first-order valence-electron chi connectivity index (χ1n) is 38.2. The molecule has 0 rings (SSSR count). The fourth-order valence-corrected chi connectivity index (χ4v) is 12.8. The molecule has 0 fully saturated rings. The van der Waals surface area contributed by atoms with Gasteiger partial charge in [-0.3, -0.25) is 37.3 Å². The van der Waals surface area contributed by atoms with E-state index < -0.39 is 97.5 Å². The fraction of sp³-hybridized carbons (Fsp3) is 0.946. The van der Waals surface area contributed by atoms with Crippen molar-refractivity contribution in [2.24, 2.45) is 23.7 Å². The zero-order valence-corrected chi connectivity index (χ0v) is 62.7. The zero-order chi connectivity index (χ0) is 68.9. The summed E-state index contributed by atoms with van der Waals surface area (Å²) in [7, 11) is -9.91. The molecule has 0 aliphatic heterocycles. The lowest BCUT2D eigenvalue weighted by Gasteiger charge is -2.21. The average molecular weight is 1370 g/mol. The predicted octanol–water partition coefficient (Wildman–Crippen LogP) is 21.3. The Morgan fingerprint density at radius 2 is 0.452 bits per heavy atom. The highest BCUT2D eigenvalue weighted by Crippen LogP contribution is 2.45. The lowest BCUT2D eigenvalue weighted by Crippen LogP contribution is -2.30. The molecule has 0 aromatic carbocycles. The number of aliphatic hydroxyl groups is 1. The number of ether oxygens (including phenoxy) is 4. The molecule has 19 heteroatoms. The second-order valence-corrected chi connectivity index (χ2v) is 31.5. The maximum Gasteiger partial charge on any atom is 0.472 e. The molecular weight excluding hydrogens is 1220 g/mol. The van der Waals surface area contributed by atoms with Gasteiger partial charge in [0.25, 0.3) is 0 Å². The van der Waals surface area contributed by atoms with Gasteiger partial charge in [-0.15, -0.1) is 0 Å². The SMILES string of the molecule is CC(C)CCCCCCCCCCCCCCCCCC(=O)OC[C@H](COP(=O)(O)OCC(O)COP(=O)(O)OC[C@@H](COC(=O)CCCCCCCCCC(C)C)OC(=O)CCCCCCCCCC(C)C)OC(=O)CCCCCCCCCCCCCCC(C)C. The van der Waals surface area contributed by atoms with E-state index >= 15 is 0 Å². The van der Waals surface area contributed by atoms with Gasteiger partial charge in [-0.2, -0.15) is 0 Å². The minimum absolute atomic E-state index is 0.102. The van der Waals surface area contributed by atoms with Crippen molar-refractivity contribution in [3.8, 4) is 0 Å². The Kier molecular flexibility index (Phi) is 62.2. The summed E-state index contributed by atoms with van der Waals surface area (Å²) in [4.78, 5) is 72.7. The van der Waals surface area contributed by atoms with Crippen LogP contribution in [0.3, 0.4) is 0 Å². The van der Waals surface area contributed by atoms with Crippen LogP contribution in [0, 0.1) is 23.7 Å². The number of unbranched alkanes of at least 4 members (excludes halogenated alkanes) is 37. The number of aliphatic hydroxyl groups excluding tert-OH is 1. The third-order valence-corrected chi connectivity index (χ3v) is 19.0. The summed E-state index contributed by atoms with van der Waals surface area (Å²) >= 11 is 0. The molecular formula is C74H144O17P2. The van der Waals surface area contributed by atoms with Gasteiger partial charge < -0.3 is 33.8 Å². The van der Waals surface area contributed by atoms with E-state index in [4.69, 9.17) is 37.0 Å². The summed E-state index contributed by atoms with van der Waals surface area (Å²) < 4.78 is 68.4. The number of hydrogen-bond acceptors (Lipinski definition) is 15. The molecule has 0 aromatic heterocycles. The van der Waals surface area contributed by atoms with Crippen LogP contribution in [-0.4, -0.2) is 96.7 Å². The van der Waals surface area contributed by atoms with Crippen molar-refractivity contribution < 1.29 is 80.2 Å². The fourth-order valence-electron chi connectivity index (χ4n) is 11.2. The first kappa shape index (κ1) is 91.1. The molecule has 0 heterocycles. The van der Waals surface area contributed by atoms with E-state index in [9.17, 15) is 43.2 Å². The van der Waals surface area contributed by atoms with Crippen LogP contribution in [0.5, 0.6) is 0 Å². The number of hydrogen-bond donors (Lipinski definition) is 3. The second kappa shape index (κ2) is 63.5. The van der Waals surface area contributed by atoms with Crippen LogP contribution in [-0.2, 0) is 65.4 Å². The Hall–Kier alpha value is -1.94. The first-order chi connectivity index (χ1) is 44.6. The van der Waals surface area contributed by atoms with Crippen molar-refractivity contribution in [1.29, 1.82) is 0 Å². The molecule has 0 amide bonds. The molecule has 0 bridgehead atoms. The highest BCUT2D eigenvalue weighted by Gasteiger charge is 2.30. The largest absolute Gasteiger partial charge is 0.472 e. The second-order valence-electron chi connectivity index (χ2n) is 28.6. The smallest absolute Gasteiger partial charge is 0.462 e. The molecule has 0 aromatic rings. The van der Waals surface area contributed by atoms with Crippen LogP contribution in [0.25, 0.3) is 0 Å². The monoisotopic (exact) mass is 1370 g/mol. The van der Waals surface area contributed by atoms with E-state index in [0.29, 0.717) is 37.5 Å². The number of phosphoric acid groups is 2. The molecule has 93 heavy (non-hydrogen) atoms. The first-order valence-corrected chi connectivity index (χ1v) is 41.2. The molecule has 0 aliphatic rings. The summed E-state index contributed by atoms with van der Waals surface area (Å²) in [6, 6.07) is 0. The summed E-state index contributed by atoms with van der Waals surface area (Å²) in [6.07, 6.45) is 47.4. The van der Waals surface area contributed by atoms with E-state index in [1.807, 2.05) is 0 Å². The minimum Gasteiger partial charge on any atom is -0.462 e. The topological polar surface area (TPSA) is 237 Å². The number of rotatable bonds is 71. The van der Waals surface area contributed by atoms with Gasteiger partial charge in [0.2, 0.25) is 0 Å². The number of carbonyl (C=O) groups is 4. The van der Waals surface area contributed by atoms with Gasteiger partial charge in [-0.05, 0) is 49.4 Å². The number of esters is 4. The third kappa shape index (κ3) is 68.4. The summed E-state index contributed by atoms with van der Waals surface area (Å²) in [5.41, 5.74) is 0. The van der Waals surface area contributed by atoms with Gasteiger partial charge in [0.15, 0.2) is 12.2 Å². The van der Waals surface area contributed by atoms with E-state index in [2.05, 4.69) is 55.4 Å². The van der Waals surface area contributed by atoms with Crippen molar-refractivity contribution in [3.05, 3.63) is 0 Å². The molecule has 17 nitrogen and oxygen atoms in total. The van der Waals surface area contributed by atoms with Crippen LogP contribution in [0.15, 0.2) is 0 Å². The standard InChI is InChI=1S/C74H144O17P2/c1-64(2)50-42-34-26-20-16-12-10-9-11-13-18-22-30-38-46-54-71(76)84-60-69(90-73(78)56-48-40-31-23-19-15-14-17-21-27-35-43-51-65(3)4)62-88-92(80,81)86-58-68(75)59-87-93(82,83)89-63-70(91-74(79)57-49-41-33-25-29-37-45-53-67(7)8)61-85-72(77)55-47-39-32-24-28-36-44-52-66(5)6/h64-70,75H,9-63H2,1-8H3,(H,80,81)(H,82,83)/t68?,69-,70-/m1/s1. The molecule has 5 atom stereocenters. The Bertz CT molecular complexity index is 1830. The van der Waals surface area contributed by atoms with E-state index in [0.717, 1.165) is 108 Å². The van der Waals surface area contributed by atoms with Crippen molar-refractivity contribution in [3.63, 3.8) is 0 Å². The summed E-state index contributed by atoms with van der Waals surface area (Å²) in [5.74, 6) is 0.857. The van der Waals surface area contributed by atoms with Gasteiger partial charge in [-0.1, -0.05) is 319 Å². The molecule has 552 valence electrons. The molecule has 0 radical (unpaired) electrons. The minimum atomic E-state index is -4.96. The Labute approximate surface area is 568 Å². The van der Waals surface area contributed by atoms with E-state index in [1.165, 1.54) is 167 Å². The maximum atomic E-state index is 13.1. The highest BCUT2D eigenvalue weighted by molar-refractivity contribution is 7.47. The average Bonchev–Trinajstić information content (AvgIpc) is 3.03. The molecule has 0 saturated heterocycles. The lowest BCUT2D eigenvalue weighted by molar-refractivity contribution is -0.161. The van der Waals surface area contributed by atoms with Gasteiger partial charge in [0.05, 0.1) is 26.4 Å². The Morgan fingerprint density at radius 3 is 0.667 bits per heavy atom. The van der Waals surface area contributed by atoms with Crippen LogP contribution in [0.2, 0.25) is 0 Å². The van der Waals surface area contributed by atoms with Crippen LogP contribution >= 0.6 is 15.6 Å². The quantitative estimate of drug-likeness (QED) is 0.0222. The lowest BCUT2D eigenvalue weighted by atomic mass is 10.0. The maximum absolute atomic E-state index is 13.1. The highest BCUT2D eigenvalue weighted by atomic mass is 31.2. The number of carbonyl (C=O) groups excluding carboxylic acids is 4. The van der Waals surface area contributed by atoms with Crippen molar-refractivity contribution >= 4 is 39.5 Å². The zero-order valence-electron chi connectivity index (χ0n) is 60.9. The Balaban J connectivity index is 5.22.